The lowest BCUT2D eigenvalue weighted by atomic mass is 10.2. The van der Waals surface area contributed by atoms with Crippen LogP contribution in [0, 0.1) is 7.14 Å². The Balaban J connectivity index is 2.89. The van der Waals surface area contributed by atoms with Gasteiger partial charge < -0.3 is 19.4 Å². The van der Waals surface area contributed by atoms with E-state index in [-0.39, 0.29) is 17.1 Å². The maximum atomic E-state index is 11.5. The molecule has 0 radical (unpaired) electrons. The van der Waals surface area contributed by atoms with E-state index in [1.165, 1.54) is 6.07 Å². The molecule has 0 unspecified atom stereocenters. The number of thiol groups is 1. The predicted molar refractivity (Wildman–Crippen MR) is 86.7 cm³/mol. The molecule has 0 aliphatic carbocycles. The molecule has 0 saturated carbocycles. The molecule has 1 aromatic rings. The quantitative estimate of drug-likeness (QED) is 0.265. The van der Waals surface area contributed by atoms with Crippen molar-refractivity contribution in [2.75, 3.05) is 12.4 Å². The zero-order chi connectivity index (χ0) is 15.3. The molecule has 0 saturated heterocycles. The van der Waals surface area contributed by atoms with Crippen LogP contribution in [0.15, 0.2) is 12.1 Å². The van der Waals surface area contributed by atoms with E-state index in [1.54, 1.807) is 6.07 Å². The summed E-state index contributed by atoms with van der Waals surface area (Å²) in [7, 11) is 0. The van der Waals surface area contributed by atoms with Crippen molar-refractivity contribution in [1.29, 1.82) is 0 Å². The molecular formula is C11H7I2O6S-. The Hall–Kier alpha value is -0.560. The maximum Gasteiger partial charge on any atom is 0.349 e. The summed E-state index contributed by atoms with van der Waals surface area (Å²) in [5.41, 5.74) is -0.241. The molecule has 0 fully saturated rings. The van der Waals surface area contributed by atoms with Gasteiger partial charge in [-0.25, -0.2) is 4.79 Å². The van der Waals surface area contributed by atoms with Crippen molar-refractivity contribution in [1.82, 2.24) is 0 Å². The fourth-order valence-corrected chi connectivity index (χ4v) is 3.19. The van der Waals surface area contributed by atoms with Crippen LogP contribution in [0.3, 0.4) is 0 Å². The second-order valence-electron chi connectivity index (χ2n) is 3.34. The standard InChI is InChI=1S/C11H8I2O6S/c12-5-1-6(11(16)17)10(7(13)2-5)19-8(14)3-18-9(15)4-20/h1-2,20H,3-4H2,(H,16,17)/p-1. The Morgan fingerprint density at radius 1 is 1.20 bits per heavy atom. The molecule has 0 bridgehead atoms. The number of carboxylic acids is 1. The number of hydrogen-bond donors (Lipinski definition) is 1. The number of aromatic carboxylic acids is 1. The van der Waals surface area contributed by atoms with E-state index in [4.69, 9.17) is 4.74 Å². The molecule has 0 spiro atoms. The van der Waals surface area contributed by atoms with Gasteiger partial charge in [0, 0.05) is 9.13 Å². The van der Waals surface area contributed by atoms with E-state index in [0.29, 0.717) is 7.14 Å². The van der Waals surface area contributed by atoms with Crippen molar-refractivity contribution >= 4 is 75.7 Å². The number of hydrogen-bond acceptors (Lipinski definition) is 7. The normalized spacial score (nSPS) is 9.95. The van der Waals surface area contributed by atoms with Gasteiger partial charge in [-0.1, -0.05) is 0 Å². The number of ether oxygens (including phenoxy) is 2. The van der Waals surface area contributed by atoms with Gasteiger partial charge in [-0.05, 0) is 57.3 Å². The summed E-state index contributed by atoms with van der Waals surface area (Å²) >= 11 is 7.44. The third-order valence-electron chi connectivity index (χ3n) is 1.92. The summed E-state index contributed by atoms with van der Waals surface area (Å²) in [4.78, 5) is 33.4. The molecule has 0 aromatic heterocycles. The number of carboxylic acid groups (broad SMARTS) is 1. The Labute approximate surface area is 146 Å². The van der Waals surface area contributed by atoms with Gasteiger partial charge in [0.25, 0.3) is 0 Å². The van der Waals surface area contributed by atoms with Gasteiger partial charge in [0.1, 0.15) is 0 Å². The van der Waals surface area contributed by atoms with E-state index >= 15 is 0 Å². The number of esters is 2. The number of carbonyl (C=O) groups is 3. The molecule has 0 N–H and O–H groups in total. The highest BCUT2D eigenvalue weighted by Gasteiger charge is 2.16. The molecule has 0 aliphatic rings. The Bertz CT molecular complexity index is 560. The van der Waals surface area contributed by atoms with Gasteiger partial charge in [-0.2, -0.15) is 12.6 Å². The topological polar surface area (TPSA) is 92.7 Å². The first kappa shape index (κ1) is 17.5. The summed E-state index contributed by atoms with van der Waals surface area (Å²) in [6, 6.07) is 2.95. The smallest absolute Gasteiger partial charge is 0.349 e. The minimum Gasteiger partial charge on any atom is -0.545 e. The fraction of sp³-hybridized carbons (Fsp3) is 0.182. The molecule has 0 heterocycles. The van der Waals surface area contributed by atoms with Crippen LogP contribution in [0.2, 0.25) is 0 Å². The highest BCUT2D eigenvalue weighted by atomic mass is 127. The van der Waals surface area contributed by atoms with Crippen LogP contribution in [0.25, 0.3) is 0 Å². The fourth-order valence-electron chi connectivity index (χ4n) is 1.14. The van der Waals surface area contributed by atoms with Crippen LogP contribution in [0.4, 0.5) is 0 Å². The predicted octanol–water partition coefficient (Wildman–Crippen LogP) is 0.638. The van der Waals surface area contributed by atoms with Crippen LogP contribution in [0.1, 0.15) is 10.4 Å². The molecule has 0 amide bonds. The van der Waals surface area contributed by atoms with Gasteiger partial charge in [0.2, 0.25) is 0 Å². The summed E-state index contributed by atoms with van der Waals surface area (Å²) < 4.78 is 10.5. The van der Waals surface area contributed by atoms with Crippen molar-refractivity contribution in [3.05, 3.63) is 24.8 Å². The first-order valence-corrected chi connectivity index (χ1v) is 7.81. The highest BCUT2D eigenvalue weighted by molar-refractivity contribution is 14.1. The summed E-state index contributed by atoms with van der Waals surface area (Å²) in [6.45, 7) is -0.617. The zero-order valence-electron chi connectivity index (χ0n) is 9.72. The lowest BCUT2D eigenvalue weighted by molar-refractivity contribution is -0.255. The Kier molecular flexibility index (Phi) is 7.02. The third-order valence-corrected chi connectivity index (χ3v) is 3.61. The molecule has 0 aliphatic heterocycles. The third kappa shape index (κ3) is 5.09. The average Bonchev–Trinajstić information content (AvgIpc) is 2.38. The van der Waals surface area contributed by atoms with E-state index in [0.717, 1.165) is 0 Å². The van der Waals surface area contributed by atoms with Crippen LogP contribution in [0.5, 0.6) is 5.75 Å². The zero-order valence-corrected chi connectivity index (χ0v) is 14.9. The van der Waals surface area contributed by atoms with Crippen molar-refractivity contribution in [3.8, 4) is 5.75 Å². The number of benzene rings is 1. The van der Waals surface area contributed by atoms with Crippen LogP contribution in [-0.4, -0.2) is 30.3 Å². The number of carbonyl (C=O) groups excluding carboxylic acids is 3. The van der Waals surface area contributed by atoms with Gasteiger partial charge in [-0.3, -0.25) is 4.79 Å². The van der Waals surface area contributed by atoms with Crippen LogP contribution < -0.4 is 9.84 Å². The van der Waals surface area contributed by atoms with Gasteiger partial charge >= 0.3 is 11.9 Å². The lowest BCUT2D eigenvalue weighted by Gasteiger charge is -2.13. The highest BCUT2D eigenvalue weighted by Crippen LogP contribution is 2.28. The monoisotopic (exact) mass is 521 g/mol. The minimum absolute atomic E-state index is 0.127. The number of rotatable bonds is 5. The molecule has 0 atom stereocenters. The number of halogens is 2. The largest absolute Gasteiger partial charge is 0.545 e. The summed E-state index contributed by atoms with van der Waals surface area (Å²) in [5.74, 6) is -3.32. The lowest BCUT2D eigenvalue weighted by Crippen LogP contribution is -2.26. The Morgan fingerprint density at radius 2 is 1.85 bits per heavy atom. The summed E-state index contributed by atoms with van der Waals surface area (Å²) in [6.07, 6.45) is 0. The maximum absolute atomic E-state index is 11.5. The van der Waals surface area contributed by atoms with Gasteiger partial charge in [0.05, 0.1) is 15.3 Å². The molecule has 20 heavy (non-hydrogen) atoms. The molecule has 1 rings (SSSR count). The second-order valence-corrected chi connectivity index (χ2v) is 6.07. The molecule has 9 heteroatoms. The molecule has 108 valence electrons. The summed E-state index contributed by atoms with van der Waals surface area (Å²) in [5, 5.41) is 11.0. The van der Waals surface area contributed by atoms with Crippen molar-refractivity contribution in [2.45, 2.75) is 0 Å². The Morgan fingerprint density at radius 3 is 2.40 bits per heavy atom. The average molecular weight is 521 g/mol. The van der Waals surface area contributed by atoms with Crippen molar-refractivity contribution < 1.29 is 29.0 Å². The van der Waals surface area contributed by atoms with Crippen molar-refractivity contribution in [3.63, 3.8) is 0 Å². The minimum atomic E-state index is -1.46. The van der Waals surface area contributed by atoms with E-state index in [1.807, 2.05) is 45.2 Å². The van der Waals surface area contributed by atoms with E-state index < -0.39 is 24.5 Å². The SMILES string of the molecule is O=C(CS)OCC(=O)Oc1c(I)cc(I)cc1C(=O)[O-]. The van der Waals surface area contributed by atoms with Gasteiger partial charge in [0.15, 0.2) is 12.4 Å². The van der Waals surface area contributed by atoms with Gasteiger partial charge in [-0.15, -0.1) is 0 Å². The first-order chi connectivity index (χ1) is 9.35. The van der Waals surface area contributed by atoms with Crippen LogP contribution >= 0.6 is 57.8 Å². The molecule has 1 aromatic carbocycles. The van der Waals surface area contributed by atoms with E-state index in [9.17, 15) is 19.5 Å². The molecular weight excluding hydrogens is 514 g/mol. The van der Waals surface area contributed by atoms with Crippen LogP contribution in [-0.2, 0) is 14.3 Å². The van der Waals surface area contributed by atoms with Crippen molar-refractivity contribution in [2.24, 2.45) is 0 Å². The molecule has 6 nitrogen and oxygen atoms in total. The second kappa shape index (κ2) is 8.02. The van der Waals surface area contributed by atoms with E-state index in [2.05, 4.69) is 17.4 Å². The first-order valence-electron chi connectivity index (χ1n) is 5.02.